The molecule has 0 fully saturated rings. The minimum atomic E-state index is -1.03. The van der Waals surface area contributed by atoms with E-state index in [2.05, 4.69) is 15.3 Å². The van der Waals surface area contributed by atoms with Crippen molar-refractivity contribution in [1.82, 2.24) is 9.97 Å². The number of nitrogens with zero attached hydrogens (tertiary/aromatic N) is 2. The molecule has 0 aliphatic rings. The molecule has 0 spiro atoms. The molecule has 0 unspecified atom stereocenters. The molecule has 0 saturated heterocycles. The Morgan fingerprint density at radius 1 is 1.20 bits per heavy atom. The topological polar surface area (TPSA) is 84.3 Å². The Hall–Kier alpha value is -2.63. The zero-order valence-corrected chi connectivity index (χ0v) is 11.5. The van der Waals surface area contributed by atoms with Crippen LogP contribution in [0.15, 0.2) is 24.3 Å². The van der Waals surface area contributed by atoms with E-state index >= 15 is 0 Å². The van der Waals surface area contributed by atoms with Gasteiger partial charge in [0.2, 0.25) is 5.95 Å². The lowest BCUT2D eigenvalue weighted by Crippen LogP contribution is -2.03. The first-order valence-corrected chi connectivity index (χ1v) is 6.00. The van der Waals surface area contributed by atoms with Crippen molar-refractivity contribution in [3.05, 3.63) is 41.2 Å². The number of aromatic nitrogens is 2. The lowest BCUT2D eigenvalue weighted by Gasteiger charge is -2.10. The van der Waals surface area contributed by atoms with Crippen molar-refractivity contribution in [2.75, 3.05) is 12.4 Å². The third kappa shape index (κ3) is 3.03. The molecule has 1 aromatic heterocycles. The van der Waals surface area contributed by atoms with Gasteiger partial charge in [0.1, 0.15) is 11.3 Å². The van der Waals surface area contributed by atoms with Crippen molar-refractivity contribution in [2.45, 2.75) is 13.8 Å². The Labute approximate surface area is 116 Å². The smallest absolute Gasteiger partial charge is 0.339 e. The molecule has 104 valence electrons. The van der Waals surface area contributed by atoms with Gasteiger partial charge in [-0.2, -0.15) is 0 Å². The summed E-state index contributed by atoms with van der Waals surface area (Å²) in [6, 6.07) is 6.60. The summed E-state index contributed by atoms with van der Waals surface area (Å²) >= 11 is 0. The Morgan fingerprint density at radius 2 is 1.85 bits per heavy atom. The predicted octanol–water partition coefficient (Wildman–Crippen LogP) is 2.54. The standard InChI is InChI=1S/C14H15N3O3/c1-8-6-9(2)16-14(15-8)17-10-4-5-11(13(18)19)12(7-10)20-3/h4-7H,1-3H3,(H,18,19)(H,15,16,17). The van der Waals surface area contributed by atoms with Crippen LogP contribution in [0.1, 0.15) is 21.7 Å². The number of aryl methyl sites for hydroxylation is 2. The van der Waals surface area contributed by atoms with Crippen molar-refractivity contribution >= 4 is 17.6 Å². The lowest BCUT2D eigenvalue weighted by atomic mass is 10.2. The summed E-state index contributed by atoms with van der Waals surface area (Å²) in [5, 5.41) is 12.1. The number of carboxylic acid groups (broad SMARTS) is 1. The first-order chi connectivity index (χ1) is 9.49. The van der Waals surface area contributed by atoms with Crippen molar-refractivity contribution in [3.8, 4) is 5.75 Å². The third-order valence-corrected chi connectivity index (χ3v) is 2.67. The monoisotopic (exact) mass is 273 g/mol. The maximum atomic E-state index is 11.0. The van der Waals surface area contributed by atoms with E-state index in [1.807, 2.05) is 19.9 Å². The predicted molar refractivity (Wildman–Crippen MR) is 74.7 cm³/mol. The maximum absolute atomic E-state index is 11.0. The van der Waals surface area contributed by atoms with E-state index in [1.165, 1.54) is 13.2 Å². The molecule has 0 atom stereocenters. The van der Waals surface area contributed by atoms with Gasteiger partial charge >= 0.3 is 5.97 Å². The molecule has 2 rings (SSSR count). The van der Waals surface area contributed by atoms with Gasteiger partial charge in [0.15, 0.2) is 0 Å². The van der Waals surface area contributed by atoms with Gasteiger partial charge in [-0.25, -0.2) is 14.8 Å². The minimum Gasteiger partial charge on any atom is -0.496 e. The summed E-state index contributed by atoms with van der Waals surface area (Å²) in [6.45, 7) is 3.77. The van der Waals surface area contributed by atoms with Crippen molar-refractivity contribution in [3.63, 3.8) is 0 Å². The van der Waals surface area contributed by atoms with Crippen LogP contribution in [-0.2, 0) is 0 Å². The van der Waals surface area contributed by atoms with E-state index in [-0.39, 0.29) is 11.3 Å². The van der Waals surface area contributed by atoms with Gasteiger partial charge in [0, 0.05) is 23.1 Å². The lowest BCUT2D eigenvalue weighted by molar-refractivity contribution is 0.0693. The highest BCUT2D eigenvalue weighted by Gasteiger charge is 2.11. The van der Waals surface area contributed by atoms with Crippen molar-refractivity contribution in [1.29, 1.82) is 0 Å². The van der Waals surface area contributed by atoms with E-state index in [9.17, 15) is 4.79 Å². The Balaban J connectivity index is 2.32. The molecule has 0 bridgehead atoms. The zero-order valence-electron chi connectivity index (χ0n) is 11.5. The SMILES string of the molecule is COc1cc(Nc2nc(C)cc(C)n2)ccc1C(=O)O. The Morgan fingerprint density at radius 3 is 2.40 bits per heavy atom. The first kappa shape index (κ1) is 13.8. The highest BCUT2D eigenvalue weighted by molar-refractivity contribution is 5.91. The molecular weight excluding hydrogens is 258 g/mol. The first-order valence-electron chi connectivity index (χ1n) is 6.00. The molecule has 20 heavy (non-hydrogen) atoms. The third-order valence-electron chi connectivity index (χ3n) is 2.67. The second-order valence-corrected chi connectivity index (χ2v) is 4.32. The minimum absolute atomic E-state index is 0.111. The fourth-order valence-corrected chi connectivity index (χ4v) is 1.86. The average Bonchev–Trinajstić information content (AvgIpc) is 2.37. The number of carboxylic acids is 1. The van der Waals surface area contributed by atoms with Crippen LogP contribution in [0.5, 0.6) is 5.75 Å². The number of methoxy groups -OCH3 is 1. The molecule has 2 aromatic rings. The van der Waals surface area contributed by atoms with Crippen LogP contribution >= 0.6 is 0 Å². The number of anilines is 2. The Bertz CT molecular complexity index is 636. The highest BCUT2D eigenvalue weighted by atomic mass is 16.5. The van der Waals surface area contributed by atoms with Crippen LogP contribution in [0.25, 0.3) is 0 Å². The number of benzene rings is 1. The van der Waals surface area contributed by atoms with E-state index in [0.717, 1.165) is 11.4 Å². The van der Waals surface area contributed by atoms with Gasteiger partial charge in [0.05, 0.1) is 7.11 Å². The normalized spacial score (nSPS) is 10.2. The van der Waals surface area contributed by atoms with Crippen molar-refractivity contribution < 1.29 is 14.6 Å². The summed E-state index contributed by atoms with van der Waals surface area (Å²) < 4.78 is 5.07. The molecule has 6 heteroatoms. The molecule has 1 heterocycles. The molecular formula is C14H15N3O3. The maximum Gasteiger partial charge on any atom is 0.339 e. The molecule has 1 aromatic carbocycles. The van der Waals surface area contributed by atoms with Crippen LogP contribution in [0.2, 0.25) is 0 Å². The fourth-order valence-electron chi connectivity index (χ4n) is 1.86. The molecule has 0 aliphatic heterocycles. The van der Waals surface area contributed by atoms with Crippen LogP contribution in [0.4, 0.5) is 11.6 Å². The fraction of sp³-hybridized carbons (Fsp3) is 0.214. The highest BCUT2D eigenvalue weighted by Crippen LogP contribution is 2.24. The molecule has 0 aliphatic carbocycles. The number of ether oxygens (including phenoxy) is 1. The molecule has 0 saturated carbocycles. The largest absolute Gasteiger partial charge is 0.496 e. The molecule has 2 N–H and O–H groups in total. The average molecular weight is 273 g/mol. The second-order valence-electron chi connectivity index (χ2n) is 4.32. The number of rotatable bonds is 4. The summed E-state index contributed by atoms with van der Waals surface area (Å²) in [6.07, 6.45) is 0. The van der Waals surface area contributed by atoms with Gasteiger partial charge in [-0.15, -0.1) is 0 Å². The summed E-state index contributed by atoms with van der Waals surface area (Å²) in [5.41, 5.74) is 2.49. The van der Waals surface area contributed by atoms with Crippen LogP contribution in [0.3, 0.4) is 0 Å². The van der Waals surface area contributed by atoms with Crippen molar-refractivity contribution in [2.24, 2.45) is 0 Å². The van der Waals surface area contributed by atoms with Gasteiger partial charge in [-0.1, -0.05) is 0 Å². The number of nitrogens with one attached hydrogen (secondary N) is 1. The van der Waals surface area contributed by atoms with Gasteiger partial charge in [-0.05, 0) is 32.0 Å². The van der Waals surface area contributed by atoms with Crippen LogP contribution in [-0.4, -0.2) is 28.2 Å². The van der Waals surface area contributed by atoms with E-state index in [0.29, 0.717) is 11.6 Å². The number of hydrogen-bond donors (Lipinski definition) is 2. The second kappa shape index (κ2) is 5.56. The molecule has 0 radical (unpaired) electrons. The van der Waals surface area contributed by atoms with Gasteiger partial charge in [-0.3, -0.25) is 0 Å². The van der Waals surface area contributed by atoms with Crippen LogP contribution < -0.4 is 10.1 Å². The summed E-state index contributed by atoms with van der Waals surface area (Å²) in [4.78, 5) is 19.5. The quantitative estimate of drug-likeness (QED) is 0.890. The molecule has 0 amide bonds. The van der Waals surface area contributed by atoms with Gasteiger partial charge < -0.3 is 15.2 Å². The van der Waals surface area contributed by atoms with E-state index < -0.39 is 5.97 Å². The summed E-state index contributed by atoms with van der Waals surface area (Å²) in [7, 11) is 1.43. The number of aromatic carboxylic acids is 1. The van der Waals surface area contributed by atoms with Crippen LogP contribution in [0, 0.1) is 13.8 Å². The summed E-state index contributed by atoms with van der Waals surface area (Å²) in [5.74, 6) is -0.282. The van der Waals surface area contributed by atoms with E-state index in [1.54, 1.807) is 12.1 Å². The number of carbonyl (C=O) groups is 1. The number of hydrogen-bond acceptors (Lipinski definition) is 5. The zero-order chi connectivity index (χ0) is 14.7. The van der Waals surface area contributed by atoms with E-state index in [4.69, 9.17) is 9.84 Å². The van der Waals surface area contributed by atoms with Gasteiger partial charge in [0.25, 0.3) is 0 Å². The Kier molecular flexibility index (Phi) is 3.84. The molecule has 6 nitrogen and oxygen atoms in total.